The highest BCUT2D eigenvalue weighted by Crippen LogP contribution is 2.26. The fraction of sp³-hybridized carbons (Fsp3) is 0.417. The molecule has 0 aliphatic carbocycles. The quantitative estimate of drug-likeness (QED) is 0.826. The fourth-order valence-electron chi connectivity index (χ4n) is 1.39. The van der Waals surface area contributed by atoms with Crippen molar-refractivity contribution in [3.05, 3.63) is 34.3 Å². The molecule has 0 aliphatic heterocycles. The molecule has 1 atom stereocenters. The summed E-state index contributed by atoms with van der Waals surface area (Å²) in [5.41, 5.74) is 1.57. The van der Waals surface area contributed by atoms with Gasteiger partial charge in [0.1, 0.15) is 0 Å². The van der Waals surface area contributed by atoms with Gasteiger partial charge in [0.15, 0.2) is 0 Å². The van der Waals surface area contributed by atoms with Gasteiger partial charge in [0.2, 0.25) is 0 Å². The number of aliphatic hydroxyl groups excluding tert-OH is 1. The first-order valence-corrected chi connectivity index (χ1v) is 5.52. The number of hydrogen-bond donors (Lipinski definition) is 1. The summed E-state index contributed by atoms with van der Waals surface area (Å²) < 4.78 is 4.76. The van der Waals surface area contributed by atoms with Crippen molar-refractivity contribution < 1.29 is 14.6 Å². The minimum Gasteiger partial charge on any atom is -0.466 e. The van der Waals surface area contributed by atoms with Gasteiger partial charge in [0.05, 0.1) is 19.1 Å². The summed E-state index contributed by atoms with van der Waals surface area (Å²) in [6.45, 7) is 3.95. The molecule has 0 aromatic heterocycles. The second-order valence-electron chi connectivity index (χ2n) is 3.55. The van der Waals surface area contributed by atoms with E-state index in [1.807, 2.05) is 13.0 Å². The van der Waals surface area contributed by atoms with Crippen molar-refractivity contribution in [2.75, 3.05) is 6.61 Å². The Balaban J connectivity index is 2.72. The molecule has 0 spiro atoms. The van der Waals surface area contributed by atoms with E-state index in [2.05, 4.69) is 0 Å². The number of aliphatic hydroxyl groups is 1. The smallest absolute Gasteiger partial charge is 0.308 e. The molecule has 0 bridgehead atoms. The molecule has 3 nitrogen and oxygen atoms in total. The second-order valence-corrected chi connectivity index (χ2v) is 3.96. The van der Waals surface area contributed by atoms with Crippen molar-refractivity contribution in [3.8, 4) is 0 Å². The van der Waals surface area contributed by atoms with Crippen LogP contribution in [0.4, 0.5) is 0 Å². The maximum absolute atomic E-state index is 11.2. The molecule has 1 aromatic carbocycles. The number of halogens is 1. The van der Waals surface area contributed by atoms with Gasteiger partial charge in [-0.2, -0.15) is 0 Å². The Kier molecular flexibility index (Phi) is 4.77. The lowest BCUT2D eigenvalue weighted by atomic mass is 10.0. The molecule has 0 saturated heterocycles. The Morgan fingerprint density at radius 3 is 2.81 bits per heavy atom. The molecular formula is C12H15ClO3. The van der Waals surface area contributed by atoms with Crippen LogP contribution in [0.15, 0.2) is 18.2 Å². The number of rotatable bonds is 4. The number of aryl methyl sites for hydroxylation is 1. The minimum absolute atomic E-state index is 0.0728. The lowest BCUT2D eigenvalue weighted by Crippen LogP contribution is -2.10. The van der Waals surface area contributed by atoms with Gasteiger partial charge in [-0.1, -0.05) is 23.7 Å². The van der Waals surface area contributed by atoms with Crippen molar-refractivity contribution in [3.63, 3.8) is 0 Å². The summed E-state index contributed by atoms with van der Waals surface area (Å²) in [6.07, 6.45) is -0.983. The average Bonchev–Trinajstić information content (AvgIpc) is 2.17. The van der Waals surface area contributed by atoms with Gasteiger partial charge < -0.3 is 9.84 Å². The van der Waals surface area contributed by atoms with E-state index in [1.54, 1.807) is 19.1 Å². The monoisotopic (exact) mass is 242 g/mol. The van der Waals surface area contributed by atoms with Crippen molar-refractivity contribution in [2.24, 2.45) is 0 Å². The molecule has 0 heterocycles. The van der Waals surface area contributed by atoms with E-state index in [0.29, 0.717) is 17.2 Å². The first-order valence-electron chi connectivity index (χ1n) is 5.14. The van der Waals surface area contributed by atoms with Crippen LogP contribution in [0.2, 0.25) is 5.02 Å². The molecule has 16 heavy (non-hydrogen) atoms. The van der Waals surface area contributed by atoms with Crippen LogP contribution in [0.25, 0.3) is 0 Å². The number of ether oxygens (including phenoxy) is 1. The van der Waals surface area contributed by atoms with Crippen LogP contribution in [-0.4, -0.2) is 17.7 Å². The molecule has 1 N–H and O–H groups in total. The summed E-state index contributed by atoms with van der Waals surface area (Å²) in [7, 11) is 0. The minimum atomic E-state index is -0.910. The average molecular weight is 243 g/mol. The molecule has 88 valence electrons. The molecular weight excluding hydrogens is 228 g/mol. The summed E-state index contributed by atoms with van der Waals surface area (Å²) in [5, 5.41) is 10.3. The van der Waals surface area contributed by atoms with Crippen LogP contribution in [0.5, 0.6) is 0 Å². The second kappa shape index (κ2) is 5.87. The normalized spacial score (nSPS) is 12.2. The number of carbonyl (C=O) groups is 1. The highest BCUT2D eigenvalue weighted by molar-refractivity contribution is 6.31. The van der Waals surface area contributed by atoms with Crippen LogP contribution >= 0.6 is 11.6 Å². The van der Waals surface area contributed by atoms with Gasteiger partial charge in [0.25, 0.3) is 0 Å². The molecule has 0 saturated carbocycles. The van der Waals surface area contributed by atoms with Crippen LogP contribution < -0.4 is 0 Å². The van der Waals surface area contributed by atoms with Crippen LogP contribution in [0, 0.1) is 6.92 Å². The van der Waals surface area contributed by atoms with Crippen LogP contribution in [0.1, 0.15) is 30.6 Å². The highest BCUT2D eigenvalue weighted by Gasteiger charge is 2.16. The zero-order valence-electron chi connectivity index (χ0n) is 9.37. The first kappa shape index (κ1) is 13.0. The van der Waals surface area contributed by atoms with Gasteiger partial charge in [-0.15, -0.1) is 0 Å². The summed E-state index contributed by atoms with van der Waals surface area (Å²) >= 11 is 5.97. The molecule has 1 aromatic rings. The van der Waals surface area contributed by atoms with Gasteiger partial charge >= 0.3 is 5.97 Å². The summed E-state index contributed by atoms with van der Waals surface area (Å²) in [5.74, 6) is -0.424. The molecule has 4 heteroatoms. The van der Waals surface area contributed by atoms with E-state index in [-0.39, 0.29) is 6.42 Å². The van der Waals surface area contributed by atoms with E-state index in [9.17, 15) is 9.90 Å². The summed E-state index contributed by atoms with van der Waals surface area (Å²) in [6, 6.07) is 5.32. The van der Waals surface area contributed by atoms with E-state index >= 15 is 0 Å². The maximum atomic E-state index is 11.2. The third kappa shape index (κ3) is 3.51. The van der Waals surface area contributed by atoms with E-state index in [1.165, 1.54) is 0 Å². The largest absolute Gasteiger partial charge is 0.466 e. The molecule has 1 rings (SSSR count). The van der Waals surface area contributed by atoms with Crippen molar-refractivity contribution >= 4 is 17.6 Å². The number of carbonyl (C=O) groups excluding carboxylic acids is 1. The third-order valence-corrected chi connectivity index (χ3v) is 2.51. The summed E-state index contributed by atoms with van der Waals surface area (Å²) in [4.78, 5) is 11.2. The number of esters is 1. The van der Waals surface area contributed by atoms with Crippen molar-refractivity contribution in [2.45, 2.75) is 26.4 Å². The van der Waals surface area contributed by atoms with Gasteiger partial charge in [-0.3, -0.25) is 4.79 Å². The van der Waals surface area contributed by atoms with E-state index in [4.69, 9.17) is 16.3 Å². The lowest BCUT2D eigenvalue weighted by molar-refractivity contribution is -0.145. The standard InChI is InChI=1S/C12H15ClO3/c1-3-16-12(15)7-11(14)9-5-4-8(2)6-10(9)13/h4-6,11,14H,3,7H2,1-2H3. The van der Waals surface area contributed by atoms with Gasteiger partial charge in [-0.25, -0.2) is 0 Å². The maximum Gasteiger partial charge on any atom is 0.308 e. The molecule has 0 fully saturated rings. The van der Waals surface area contributed by atoms with Crippen LogP contribution in [-0.2, 0) is 9.53 Å². The predicted molar refractivity (Wildman–Crippen MR) is 62.4 cm³/mol. The fourth-order valence-corrected chi connectivity index (χ4v) is 1.75. The Hall–Kier alpha value is -1.06. The number of benzene rings is 1. The predicted octanol–water partition coefficient (Wildman–Crippen LogP) is 2.64. The Labute approximate surface area is 100.0 Å². The van der Waals surface area contributed by atoms with Gasteiger partial charge in [-0.05, 0) is 31.0 Å². The zero-order chi connectivity index (χ0) is 12.1. The molecule has 0 aliphatic rings. The SMILES string of the molecule is CCOC(=O)CC(O)c1ccc(C)cc1Cl. The third-order valence-electron chi connectivity index (χ3n) is 2.18. The molecule has 1 unspecified atom stereocenters. The highest BCUT2D eigenvalue weighted by atomic mass is 35.5. The van der Waals surface area contributed by atoms with Crippen molar-refractivity contribution in [1.29, 1.82) is 0 Å². The van der Waals surface area contributed by atoms with Crippen LogP contribution in [0.3, 0.4) is 0 Å². The first-order chi connectivity index (χ1) is 7.54. The Morgan fingerprint density at radius 1 is 1.56 bits per heavy atom. The van der Waals surface area contributed by atoms with E-state index in [0.717, 1.165) is 5.56 Å². The van der Waals surface area contributed by atoms with E-state index < -0.39 is 12.1 Å². The Morgan fingerprint density at radius 2 is 2.25 bits per heavy atom. The zero-order valence-corrected chi connectivity index (χ0v) is 10.1. The van der Waals surface area contributed by atoms with Crippen molar-refractivity contribution in [1.82, 2.24) is 0 Å². The van der Waals surface area contributed by atoms with Gasteiger partial charge in [0, 0.05) is 5.02 Å². The Bertz CT molecular complexity index is 377. The lowest BCUT2D eigenvalue weighted by Gasteiger charge is -2.12. The number of hydrogen-bond acceptors (Lipinski definition) is 3. The molecule has 0 amide bonds. The molecule has 0 radical (unpaired) electrons. The topological polar surface area (TPSA) is 46.5 Å².